The number of hydrogen-bond donors (Lipinski definition) is 2. The van der Waals surface area contributed by atoms with Crippen LogP contribution < -0.4 is 11.1 Å². The highest BCUT2D eigenvalue weighted by Crippen LogP contribution is 2.62. The van der Waals surface area contributed by atoms with Crippen molar-refractivity contribution in [3.05, 3.63) is 0 Å². The Bertz CT molecular complexity index is 351. The van der Waals surface area contributed by atoms with Gasteiger partial charge in [-0.2, -0.15) is 0 Å². The number of nitrogens with one attached hydrogen (secondary N) is 1. The van der Waals surface area contributed by atoms with E-state index in [9.17, 15) is 4.79 Å². The van der Waals surface area contributed by atoms with E-state index in [1.54, 1.807) is 6.92 Å². The summed E-state index contributed by atoms with van der Waals surface area (Å²) in [6, 6.07) is -0.113. The predicted octanol–water partition coefficient (Wildman–Crippen LogP) is 1.68. The van der Waals surface area contributed by atoms with Gasteiger partial charge < -0.3 is 15.8 Å². The summed E-state index contributed by atoms with van der Waals surface area (Å²) in [5, 5.41) is 3.56. The van der Waals surface area contributed by atoms with Crippen LogP contribution in [0.5, 0.6) is 0 Å². The summed E-state index contributed by atoms with van der Waals surface area (Å²) in [5.74, 6) is 0.495. The normalized spacial score (nSPS) is 37.3. The van der Waals surface area contributed by atoms with Crippen LogP contribution in [-0.2, 0) is 9.53 Å². The van der Waals surface area contributed by atoms with E-state index in [1.807, 2.05) is 0 Å². The molecule has 0 saturated heterocycles. The quantitative estimate of drug-likeness (QED) is 0.745. The third-order valence-corrected chi connectivity index (χ3v) is 5.40. The molecule has 0 radical (unpaired) electrons. The molecule has 110 valence electrons. The lowest BCUT2D eigenvalue weighted by molar-refractivity contribution is -0.144. The minimum Gasteiger partial charge on any atom is -0.465 e. The van der Waals surface area contributed by atoms with E-state index in [0.717, 1.165) is 5.92 Å². The van der Waals surface area contributed by atoms with Crippen LogP contribution in [0.15, 0.2) is 0 Å². The largest absolute Gasteiger partial charge is 0.465 e. The first-order chi connectivity index (χ1) is 8.81. The second-order valence-electron chi connectivity index (χ2n) is 7.11. The van der Waals surface area contributed by atoms with E-state index >= 15 is 0 Å². The molecule has 4 atom stereocenters. The van der Waals surface area contributed by atoms with Gasteiger partial charge in [-0.1, -0.05) is 20.8 Å². The Morgan fingerprint density at radius 3 is 2.68 bits per heavy atom. The van der Waals surface area contributed by atoms with Crippen LogP contribution in [0.2, 0.25) is 0 Å². The number of esters is 1. The standard InChI is InChI=1S/C15H28N2O2/c1-5-19-12(18)11(16)9-17-13-14(2,3)10-6-7-15(13,4)8-10/h10-11,13,17H,5-9,16H2,1-4H3. The van der Waals surface area contributed by atoms with Gasteiger partial charge >= 0.3 is 5.97 Å². The Balaban J connectivity index is 1.94. The number of ether oxygens (including phenoxy) is 1. The average Bonchev–Trinajstić information content (AvgIpc) is 2.79. The van der Waals surface area contributed by atoms with Gasteiger partial charge in [-0.05, 0) is 42.9 Å². The van der Waals surface area contributed by atoms with Gasteiger partial charge in [-0.3, -0.25) is 4.79 Å². The maximum Gasteiger partial charge on any atom is 0.324 e. The van der Waals surface area contributed by atoms with Crippen molar-refractivity contribution in [1.29, 1.82) is 0 Å². The predicted molar refractivity (Wildman–Crippen MR) is 75.6 cm³/mol. The van der Waals surface area contributed by atoms with Crippen LogP contribution in [0.1, 0.15) is 47.0 Å². The SMILES string of the molecule is CCOC(=O)C(N)CNC1C2(C)CCC(C2)C1(C)C. The summed E-state index contributed by atoms with van der Waals surface area (Å²) in [6.45, 7) is 9.76. The van der Waals surface area contributed by atoms with Crippen LogP contribution in [-0.4, -0.2) is 31.2 Å². The molecular weight excluding hydrogens is 240 g/mol. The van der Waals surface area contributed by atoms with Crippen LogP contribution in [0.3, 0.4) is 0 Å². The highest BCUT2D eigenvalue weighted by molar-refractivity contribution is 5.75. The second-order valence-corrected chi connectivity index (χ2v) is 7.11. The van der Waals surface area contributed by atoms with Crippen LogP contribution >= 0.6 is 0 Å². The van der Waals surface area contributed by atoms with Crippen molar-refractivity contribution >= 4 is 5.97 Å². The van der Waals surface area contributed by atoms with Crippen molar-refractivity contribution in [3.8, 4) is 0 Å². The first-order valence-electron chi connectivity index (χ1n) is 7.47. The van der Waals surface area contributed by atoms with Crippen molar-refractivity contribution in [3.63, 3.8) is 0 Å². The molecule has 4 heteroatoms. The van der Waals surface area contributed by atoms with Crippen LogP contribution in [0.25, 0.3) is 0 Å². The zero-order valence-electron chi connectivity index (χ0n) is 12.7. The first-order valence-corrected chi connectivity index (χ1v) is 7.47. The number of nitrogens with two attached hydrogens (primary N) is 1. The Kier molecular flexibility index (Phi) is 3.94. The molecule has 4 unspecified atom stereocenters. The Labute approximate surface area is 116 Å². The minimum absolute atomic E-state index is 0.293. The van der Waals surface area contributed by atoms with Crippen molar-refractivity contribution in [2.45, 2.75) is 59.0 Å². The third kappa shape index (κ3) is 2.52. The fraction of sp³-hybridized carbons (Fsp3) is 0.933. The lowest BCUT2D eigenvalue weighted by Gasteiger charge is -2.43. The third-order valence-electron chi connectivity index (χ3n) is 5.40. The summed E-state index contributed by atoms with van der Waals surface area (Å²) in [4.78, 5) is 11.6. The molecule has 2 fully saturated rings. The smallest absolute Gasteiger partial charge is 0.324 e. The maximum atomic E-state index is 11.6. The second kappa shape index (κ2) is 5.06. The van der Waals surface area contributed by atoms with Gasteiger partial charge in [0.05, 0.1) is 6.61 Å². The van der Waals surface area contributed by atoms with Gasteiger partial charge in [-0.25, -0.2) is 0 Å². The zero-order valence-corrected chi connectivity index (χ0v) is 12.7. The van der Waals surface area contributed by atoms with E-state index in [0.29, 0.717) is 30.0 Å². The molecule has 3 N–H and O–H groups in total. The van der Waals surface area contributed by atoms with E-state index < -0.39 is 6.04 Å². The molecule has 2 rings (SSSR count). The number of hydrogen-bond acceptors (Lipinski definition) is 4. The van der Waals surface area contributed by atoms with E-state index in [1.165, 1.54) is 19.3 Å². The van der Waals surface area contributed by atoms with Gasteiger partial charge in [-0.15, -0.1) is 0 Å². The van der Waals surface area contributed by atoms with E-state index in [-0.39, 0.29) is 5.97 Å². The lowest BCUT2D eigenvalue weighted by atomic mass is 9.68. The van der Waals surface area contributed by atoms with Gasteiger partial charge in [0.25, 0.3) is 0 Å². The van der Waals surface area contributed by atoms with Crippen molar-refractivity contribution < 1.29 is 9.53 Å². The molecule has 0 spiro atoms. The van der Waals surface area contributed by atoms with Gasteiger partial charge in [0.2, 0.25) is 0 Å². The van der Waals surface area contributed by atoms with Crippen molar-refractivity contribution in [2.75, 3.05) is 13.2 Å². The summed E-state index contributed by atoms with van der Waals surface area (Å²) >= 11 is 0. The fourth-order valence-corrected chi connectivity index (χ4v) is 4.39. The molecule has 2 aliphatic rings. The lowest BCUT2D eigenvalue weighted by Crippen LogP contribution is -2.54. The molecule has 2 aliphatic carbocycles. The summed E-state index contributed by atoms with van der Waals surface area (Å²) in [7, 11) is 0. The summed E-state index contributed by atoms with van der Waals surface area (Å²) in [5.41, 5.74) is 6.53. The molecule has 0 amide bonds. The van der Waals surface area contributed by atoms with E-state index in [2.05, 4.69) is 26.1 Å². The Morgan fingerprint density at radius 1 is 1.47 bits per heavy atom. The minimum atomic E-state index is -0.557. The monoisotopic (exact) mass is 268 g/mol. The molecule has 2 bridgehead atoms. The highest BCUT2D eigenvalue weighted by atomic mass is 16.5. The molecule has 19 heavy (non-hydrogen) atoms. The average molecular weight is 268 g/mol. The number of fused-ring (bicyclic) bond motifs is 2. The summed E-state index contributed by atoms with van der Waals surface area (Å²) in [6.07, 6.45) is 3.92. The van der Waals surface area contributed by atoms with Crippen molar-refractivity contribution in [1.82, 2.24) is 5.32 Å². The molecule has 2 saturated carbocycles. The molecule has 0 aromatic rings. The number of rotatable bonds is 5. The molecular formula is C15H28N2O2. The van der Waals surface area contributed by atoms with E-state index in [4.69, 9.17) is 10.5 Å². The van der Waals surface area contributed by atoms with Gasteiger partial charge in [0.1, 0.15) is 6.04 Å². The van der Waals surface area contributed by atoms with Gasteiger partial charge in [0, 0.05) is 12.6 Å². The molecule has 0 aromatic carbocycles. The number of carbonyl (C=O) groups is 1. The van der Waals surface area contributed by atoms with Crippen molar-refractivity contribution in [2.24, 2.45) is 22.5 Å². The van der Waals surface area contributed by atoms with Crippen LogP contribution in [0.4, 0.5) is 0 Å². The first kappa shape index (κ1) is 14.8. The molecule has 0 aromatic heterocycles. The zero-order chi connectivity index (χ0) is 14.3. The summed E-state index contributed by atoms with van der Waals surface area (Å²) < 4.78 is 4.95. The van der Waals surface area contributed by atoms with Gasteiger partial charge in [0.15, 0.2) is 0 Å². The maximum absolute atomic E-state index is 11.6. The van der Waals surface area contributed by atoms with Crippen LogP contribution in [0, 0.1) is 16.7 Å². The molecule has 0 heterocycles. The highest BCUT2D eigenvalue weighted by Gasteiger charge is 2.58. The number of carbonyl (C=O) groups excluding carboxylic acids is 1. The Morgan fingerprint density at radius 2 is 2.16 bits per heavy atom. The fourth-order valence-electron chi connectivity index (χ4n) is 4.39. The topological polar surface area (TPSA) is 64.3 Å². The molecule has 0 aliphatic heterocycles. The molecule has 4 nitrogen and oxygen atoms in total. The Hall–Kier alpha value is -0.610.